The van der Waals surface area contributed by atoms with Crippen molar-refractivity contribution in [3.05, 3.63) is 88.1 Å². The summed E-state index contributed by atoms with van der Waals surface area (Å²) in [6, 6.07) is 20.7. The lowest BCUT2D eigenvalue weighted by Gasteiger charge is -2.14. The van der Waals surface area contributed by atoms with Crippen LogP contribution < -0.4 is 5.32 Å². The number of aryl methyl sites for hydroxylation is 1. The molecule has 0 fully saturated rings. The molecule has 3 rings (SSSR count). The Morgan fingerprint density at radius 3 is 2.50 bits per heavy atom. The number of carbonyl (C=O) groups excluding carboxylic acids is 2. The molecule has 3 aromatic rings. The first-order valence-corrected chi connectivity index (χ1v) is 9.80. The van der Waals surface area contributed by atoms with Crippen molar-refractivity contribution in [3.8, 4) is 0 Å². The molecule has 1 aromatic heterocycles. The maximum Gasteiger partial charge on any atom is 0.340 e. The van der Waals surface area contributed by atoms with E-state index < -0.39 is 12.1 Å². The Morgan fingerprint density at radius 2 is 1.82 bits per heavy atom. The zero-order chi connectivity index (χ0) is 19.9. The van der Waals surface area contributed by atoms with E-state index >= 15 is 0 Å². The van der Waals surface area contributed by atoms with Crippen LogP contribution in [0.3, 0.4) is 0 Å². The van der Waals surface area contributed by atoms with Crippen molar-refractivity contribution in [2.24, 2.45) is 0 Å². The minimum absolute atomic E-state index is 0.374. The molecule has 1 atom stereocenters. The minimum atomic E-state index is -0.923. The maximum atomic E-state index is 12.8. The molecule has 1 heterocycles. The molecule has 142 valence electrons. The lowest BCUT2D eigenvalue weighted by molar-refractivity contribution is -0.147. The van der Waals surface area contributed by atoms with E-state index in [9.17, 15) is 9.59 Å². The fraction of sp³-hybridized carbons (Fsp3) is 0.130. The molecular formula is C23H21NO3S. The molecule has 5 heteroatoms. The summed E-state index contributed by atoms with van der Waals surface area (Å²) in [4.78, 5) is 26.0. The Hall–Kier alpha value is -3.18. The first-order valence-electron chi connectivity index (χ1n) is 8.92. The Morgan fingerprint density at radius 1 is 1.04 bits per heavy atom. The maximum absolute atomic E-state index is 12.8. The molecule has 0 aliphatic rings. The summed E-state index contributed by atoms with van der Waals surface area (Å²) >= 11 is 1.45. The van der Waals surface area contributed by atoms with Crippen molar-refractivity contribution in [3.63, 3.8) is 0 Å². The lowest BCUT2D eigenvalue weighted by Crippen LogP contribution is -2.30. The Bertz CT molecular complexity index is 978. The summed E-state index contributed by atoms with van der Waals surface area (Å²) < 4.78 is 5.46. The van der Waals surface area contributed by atoms with Gasteiger partial charge in [-0.05, 0) is 49.1 Å². The molecule has 1 amide bonds. The van der Waals surface area contributed by atoms with Crippen molar-refractivity contribution >= 4 is 40.5 Å². The highest BCUT2D eigenvalue weighted by atomic mass is 32.1. The van der Waals surface area contributed by atoms with Crippen LogP contribution in [0.5, 0.6) is 0 Å². The van der Waals surface area contributed by atoms with E-state index in [1.807, 2.05) is 66.9 Å². The Balaban J connectivity index is 1.77. The van der Waals surface area contributed by atoms with Crippen LogP contribution in [0.4, 0.5) is 5.69 Å². The van der Waals surface area contributed by atoms with Gasteiger partial charge in [-0.2, -0.15) is 0 Å². The van der Waals surface area contributed by atoms with Gasteiger partial charge in [0, 0.05) is 10.6 Å². The number of esters is 1. The zero-order valence-electron chi connectivity index (χ0n) is 15.7. The van der Waals surface area contributed by atoms with Crippen molar-refractivity contribution in [2.75, 3.05) is 5.32 Å². The molecule has 0 radical (unpaired) electrons. The normalized spacial score (nSPS) is 12.3. The van der Waals surface area contributed by atoms with Crippen LogP contribution in [-0.2, 0) is 14.3 Å². The second-order valence-corrected chi connectivity index (χ2v) is 7.30. The summed E-state index contributed by atoms with van der Waals surface area (Å²) in [7, 11) is 0. The Kier molecular flexibility index (Phi) is 6.40. The molecule has 28 heavy (non-hydrogen) atoms. The molecular weight excluding hydrogens is 370 g/mol. The number of hydrogen-bond donors (Lipinski definition) is 1. The van der Waals surface area contributed by atoms with E-state index in [0.29, 0.717) is 11.3 Å². The smallest absolute Gasteiger partial charge is 0.340 e. The summed E-state index contributed by atoms with van der Waals surface area (Å²) in [6.45, 7) is 3.56. The topological polar surface area (TPSA) is 55.4 Å². The monoisotopic (exact) mass is 391 g/mol. The molecule has 0 aliphatic heterocycles. The Labute approximate surface area is 168 Å². The molecule has 2 aromatic carbocycles. The van der Waals surface area contributed by atoms with Gasteiger partial charge in [-0.3, -0.25) is 4.79 Å². The zero-order valence-corrected chi connectivity index (χ0v) is 16.5. The van der Waals surface area contributed by atoms with Crippen LogP contribution in [0.2, 0.25) is 0 Å². The van der Waals surface area contributed by atoms with E-state index in [-0.39, 0.29) is 5.91 Å². The second kappa shape index (κ2) is 9.15. The van der Waals surface area contributed by atoms with E-state index in [0.717, 1.165) is 16.0 Å². The summed E-state index contributed by atoms with van der Waals surface area (Å²) in [6.07, 6.45) is 0.872. The van der Waals surface area contributed by atoms with Crippen LogP contribution in [0.25, 0.3) is 11.6 Å². The number of rotatable bonds is 6. The van der Waals surface area contributed by atoms with Crippen LogP contribution in [0, 0.1) is 6.92 Å². The number of amides is 1. The number of para-hydroxylation sites is 1. The van der Waals surface area contributed by atoms with Gasteiger partial charge < -0.3 is 10.1 Å². The molecule has 0 aliphatic carbocycles. The summed E-state index contributed by atoms with van der Waals surface area (Å²) in [5.41, 5.74) is 3.09. The number of thiophene rings is 1. The third-order valence-corrected chi connectivity index (χ3v) is 4.96. The molecule has 0 saturated heterocycles. The van der Waals surface area contributed by atoms with Gasteiger partial charge >= 0.3 is 5.97 Å². The van der Waals surface area contributed by atoms with Gasteiger partial charge in [-0.1, -0.05) is 54.1 Å². The highest BCUT2D eigenvalue weighted by molar-refractivity contribution is 7.11. The minimum Gasteiger partial charge on any atom is -0.449 e. The third kappa shape index (κ3) is 5.18. The van der Waals surface area contributed by atoms with E-state index in [2.05, 4.69) is 5.32 Å². The molecule has 0 unspecified atom stereocenters. The van der Waals surface area contributed by atoms with Crippen molar-refractivity contribution in [1.29, 1.82) is 0 Å². The average Bonchev–Trinajstić information content (AvgIpc) is 3.21. The molecule has 0 saturated carbocycles. The third-order valence-electron chi connectivity index (χ3n) is 4.05. The van der Waals surface area contributed by atoms with Crippen molar-refractivity contribution in [1.82, 2.24) is 0 Å². The number of nitrogens with one attached hydrogen (secondary N) is 1. The predicted molar refractivity (Wildman–Crippen MR) is 114 cm³/mol. The van der Waals surface area contributed by atoms with Crippen molar-refractivity contribution in [2.45, 2.75) is 20.0 Å². The van der Waals surface area contributed by atoms with Gasteiger partial charge in [-0.15, -0.1) is 11.3 Å². The first-order chi connectivity index (χ1) is 13.5. The summed E-state index contributed by atoms with van der Waals surface area (Å²) in [5, 5.41) is 4.65. The average molecular weight is 391 g/mol. The van der Waals surface area contributed by atoms with E-state index in [1.54, 1.807) is 25.1 Å². The standard InChI is InChI=1S/C23H21NO3S/c1-16-8-6-9-18(14-16)15-20(21-12-7-13-28-21)23(26)27-17(2)22(25)24-19-10-4-3-5-11-19/h3-15,17H,1-2H3,(H,24,25)/b20-15+/t17-/m0/s1. The van der Waals surface area contributed by atoms with E-state index in [1.165, 1.54) is 11.3 Å². The predicted octanol–water partition coefficient (Wildman–Crippen LogP) is 5.17. The molecule has 0 bridgehead atoms. The second-order valence-electron chi connectivity index (χ2n) is 6.35. The van der Waals surface area contributed by atoms with Crippen molar-refractivity contribution < 1.29 is 14.3 Å². The van der Waals surface area contributed by atoms with E-state index in [4.69, 9.17) is 4.74 Å². The fourth-order valence-corrected chi connectivity index (χ4v) is 3.36. The molecule has 1 N–H and O–H groups in total. The van der Waals surface area contributed by atoms with Gasteiger partial charge in [0.15, 0.2) is 6.10 Å². The quantitative estimate of drug-likeness (QED) is 0.466. The van der Waals surface area contributed by atoms with Gasteiger partial charge in [0.2, 0.25) is 0 Å². The highest BCUT2D eigenvalue weighted by Crippen LogP contribution is 2.25. The lowest BCUT2D eigenvalue weighted by atomic mass is 10.1. The number of carbonyl (C=O) groups is 2. The number of ether oxygens (including phenoxy) is 1. The van der Waals surface area contributed by atoms with Gasteiger partial charge in [0.1, 0.15) is 0 Å². The van der Waals surface area contributed by atoms with Crippen LogP contribution in [0.1, 0.15) is 22.9 Å². The summed E-state index contributed by atoms with van der Waals surface area (Å²) in [5.74, 6) is -0.902. The number of hydrogen-bond acceptors (Lipinski definition) is 4. The van der Waals surface area contributed by atoms with Gasteiger partial charge in [0.25, 0.3) is 5.91 Å². The molecule has 0 spiro atoms. The van der Waals surface area contributed by atoms with Crippen LogP contribution >= 0.6 is 11.3 Å². The van der Waals surface area contributed by atoms with Gasteiger partial charge in [0.05, 0.1) is 5.57 Å². The first kappa shape index (κ1) is 19.6. The fourth-order valence-electron chi connectivity index (χ4n) is 2.63. The SMILES string of the molecule is Cc1cccc(/C=C(/C(=O)O[C@@H](C)C(=O)Nc2ccccc2)c2cccs2)c1. The van der Waals surface area contributed by atoms with Crippen LogP contribution in [0.15, 0.2) is 72.1 Å². The largest absolute Gasteiger partial charge is 0.449 e. The molecule has 4 nitrogen and oxygen atoms in total. The number of benzene rings is 2. The number of anilines is 1. The van der Waals surface area contributed by atoms with Crippen LogP contribution in [-0.4, -0.2) is 18.0 Å². The van der Waals surface area contributed by atoms with Gasteiger partial charge in [-0.25, -0.2) is 4.79 Å². The highest BCUT2D eigenvalue weighted by Gasteiger charge is 2.22.